The molecule has 5 heterocycles. The van der Waals surface area contributed by atoms with Crippen LogP contribution in [0.15, 0.2) is 48.8 Å². The summed E-state index contributed by atoms with van der Waals surface area (Å²) in [4.78, 5) is 26.7. The van der Waals surface area contributed by atoms with Crippen LogP contribution >= 0.6 is 11.3 Å². The molecule has 8 heteroatoms. The van der Waals surface area contributed by atoms with Crippen molar-refractivity contribution >= 4 is 27.5 Å². The fourth-order valence-corrected chi connectivity index (χ4v) is 5.90. The van der Waals surface area contributed by atoms with Gasteiger partial charge in [-0.3, -0.25) is 19.4 Å². The van der Waals surface area contributed by atoms with E-state index in [1.165, 1.54) is 10.4 Å². The van der Waals surface area contributed by atoms with Crippen LogP contribution in [-0.4, -0.2) is 55.1 Å². The second-order valence-electron chi connectivity index (χ2n) is 8.82. The predicted octanol–water partition coefficient (Wildman–Crippen LogP) is 3.73. The molecule has 0 radical (unpaired) electrons. The van der Waals surface area contributed by atoms with Gasteiger partial charge in [-0.05, 0) is 42.7 Å². The fraction of sp³-hybridized carbons (Fsp3) is 0.360. The van der Waals surface area contributed by atoms with Gasteiger partial charge in [0, 0.05) is 56.3 Å². The minimum Gasteiger partial charge on any atom is -0.337 e. The van der Waals surface area contributed by atoms with Crippen molar-refractivity contribution in [2.24, 2.45) is 0 Å². The summed E-state index contributed by atoms with van der Waals surface area (Å²) in [6.45, 7) is 4.79. The number of amides is 1. The van der Waals surface area contributed by atoms with Crippen molar-refractivity contribution in [3.63, 3.8) is 0 Å². The van der Waals surface area contributed by atoms with Gasteiger partial charge in [0.15, 0.2) is 5.69 Å². The average molecular weight is 459 g/mol. The number of para-hydroxylation sites is 1. The number of likely N-dealkylation sites (tertiary alicyclic amines) is 1. The van der Waals surface area contributed by atoms with Gasteiger partial charge in [0.05, 0.1) is 23.3 Å². The van der Waals surface area contributed by atoms with Crippen LogP contribution in [0.4, 0.5) is 0 Å². The molecule has 0 atom stereocenters. The smallest absolute Gasteiger partial charge is 0.274 e. The van der Waals surface area contributed by atoms with E-state index in [2.05, 4.69) is 28.1 Å². The van der Waals surface area contributed by atoms with Crippen LogP contribution in [0, 0.1) is 0 Å². The summed E-state index contributed by atoms with van der Waals surface area (Å²) in [5.41, 5.74) is 5.12. The number of aromatic nitrogens is 4. The largest absolute Gasteiger partial charge is 0.337 e. The Balaban J connectivity index is 1.30. The lowest BCUT2D eigenvalue weighted by Crippen LogP contribution is -2.33. The molecule has 168 valence electrons. The highest BCUT2D eigenvalue weighted by Gasteiger charge is 2.31. The standard InChI is InChI=1S/C25H26N6OS/c32-25(30-12-3-4-13-30)24-19-16-29(17-23-27-20-5-1-2-6-22(20)33-23)14-9-21(19)31(28-24)15-18-7-10-26-11-8-18/h1-2,5-8,10-11H,3-4,9,12-17H2. The number of hydrogen-bond donors (Lipinski definition) is 0. The van der Waals surface area contributed by atoms with E-state index in [0.717, 1.165) is 73.6 Å². The molecular weight excluding hydrogens is 432 g/mol. The third kappa shape index (κ3) is 4.05. The van der Waals surface area contributed by atoms with Crippen LogP contribution < -0.4 is 0 Å². The second-order valence-corrected chi connectivity index (χ2v) is 9.94. The topological polar surface area (TPSA) is 67.2 Å². The maximum atomic E-state index is 13.4. The number of hydrogen-bond acceptors (Lipinski definition) is 6. The highest BCUT2D eigenvalue weighted by Crippen LogP contribution is 2.28. The lowest BCUT2D eigenvalue weighted by Gasteiger charge is -2.27. The van der Waals surface area contributed by atoms with E-state index in [-0.39, 0.29) is 5.91 Å². The number of nitrogens with zero attached hydrogens (tertiary/aromatic N) is 6. The molecule has 2 aliphatic heterocycles. The van der Waals surface area contributed by atoms with E-state index < -0.39 is 0 Å². The first kappa shape index (κ1) is 20.5. The number of pyridine rings is 1. The molecular formula is C25H26N6OS. The molecule has 0 spiro atoms. The summed E-state index contributed by atoms with van der Waals surface area (Å²) >= 11 is 1.76. The molecule has 0 unspecified atom stereocenters. The summed E-state index contributed by atoms with van der Waals surface area (Å²) in [6.07, 6.45) is 6.65. The zero-order valence-electron chi connectivity index (χ0n) is 18.5. The molecule has 6 rings (SSSR count). The molecule has 7 nitrogen and oxygen atoms in total. The van der Waals surface area contributed by atoms with Crippen LogP contribution in [0.25, 0.3) is 10.2 Å². The van der Waals surface area contributed by atoms with E-state index in [1.54, 1.807) is 23.7 Å². The number of benzene rings is 1. The summed E-state index contributed by atoms with van der Waals surface area (Å²) < 4.78 is 3.27. The number of carbonyl (C=O) groups is 1. The molecule has 3 aromatic heterocycles. The average Bonchev–Trinajstić information content (AvgIpc) is 3.58. The summed E-state index contributed by atoms with van der Waals surface area (Å²) in [5, 5.41) is 5.99. The summed E-state index contributed by atoms with van der Waals surface area (Å²) in [5.74, 6) is 0.0825. The zero-order valence-corrected chi connectivity index (χ0v) is 19.3. The Kier molecular flexibility index (Phi) is 5.39. The Morgan fingerprint density at radius 3 is 2.64 bits per heavy atom. The molecule has 4 aromatic rings. The maximum absolute atomic E-state index is 13.4. The molecule has 1 fully saturated rings. The van der Waals surface area contributed by atoms with Gasteiger partial charge in [0.1, 0.15) is 5.01 Å². The first-order valence-electron chi connectivity index (χ1n) is 11.6. The molecule has 0 bridgehead atoms. The number of carbonyl (C=O) groups excluding carboxylic acids is 1. The molecule has 0 saturated carbocycles. The van der Waals surface area contributed by atoms with Crippen LogP contribution in [0.3, 0.4) is 0 Å². The van der Waals surface area contributed by atoms with Crippen molar-refractivity contribution in [3.8, 4) is 0 Å². The molecule has 1 saturated heterocycles. The Hall–Kier alpha value is -3.10. The van der Waals surface area contributed by atoms with Crippen LogP contribution in [-0.2, 0) is 26.1 Å². The van der Waals surface area contributed by atoms with Crippen molar-refractivity contribution in [3.05, 3.63) is 76.3 Å². The molecule has 1 amide bonds. The van der Waals surface area contributed by atoms with Crippen LogP contribution in [0.2, 0.25) is 0 Å². The quantitative estimate of drug-likeness (QED) is 0.456. The maximum Gasteiger partial charge on any atom is 0.274 e. The normalized spacial score (nSPS) is 16.4. The van der Waals surface area contributed by atoms with Gasteiger partial charge in [-0.15, -0.1) is 11.3 Å². The van der Waals surface area contributed by atoms with Gasteiger partial charge in [-0.25, -0.2) is 4.98 Å². The first-order valence-corrected chi connectivity index (χ1v) is 12.4. The monoisotopic (exact) mass is 458 g/mol. The van der Waals surface area contributed by atoms with Crippen LogP contribution in [0.5, 0.6) is 0 Å². The minimum atomic E-state index is 0.0825. The van der Waals surface area contributed by atoms with Crippen molar-refractivity contribution in [1.82, 2.24) is 29.5 Å². The molecule has 0 aliphatic carbocycles. The second kappa shape index (κ2) is 8.68. The third-order valence-corrected chi connectivity index (χ3v) is 7.61. The van der Waals surface area contributed by atoms with Crippen molar-refractivity contribution in [1.29, 1.82) is 0 Å². The van der Waals surface area contributed by atoms with Crippen LogP contribution in [0.1, 0.15) is 45.2 Å². The lowest BCUT2D eigenvalue weighted by molar-refractivity contribution is 0.0783. The molecule has 2 aliphatic rings. The molecule has 33 heavy (non-hydrogen) atoms. The highest BCUT2D eigenvalue weighted by atomic mass is 32.1. The number of fused-ring (bicyclic) bond motifs is 2. The van der Waals surface area contributed by atoms with E-state index in [1.807, 2.05) is 27.8 Å². The third-order valence-electron chi connectivity index (χ3n) is 6.59. The summed E-state index contributed by atoms with van der Waals surface area (Å²) in [7, 11) is 0. The van der Waals surface area contributed by atoms with E-state index in [4.69, 9.17) is 10.1 Å². The fourth-order valence-electron chi connectivity index (χ4n) is 4.89. The predicted molar refractivity (Wildman–Crippen MR) is 128 cm³/mol. The van der Waals surface area contributed by atoms with Gasteiger partial charge in [-0.1, -0.05) is 12.1 Å². The van der Waals surface area contributed by atoms with Crippen molar-refractivity contribution in [2.45, 2.75) is 38.9 Å². The van der Waals surface area contributed by atoms with Crippen molar-refractivity contribution < 1.29 is 4.79 Å². The Morgan fingerprint density at radius 1 is 1.00 bits per heavy atom. The first-order chi connectivity index (χ1) is 16.2. The highest BCUT2D eigenvalue weighted by molar-refractivity contribution is 7.18. The SMILES string of the molecule is O=C(c1nn(Cc2ccncc2)c2c1CN(Cc1nc3ccccc3s1)CC2)N1CCCC1. The van der Waals surface area contributed by atoms with Crippen molar-refractivity contribution in [2.75, 3.05) is 19.6 Å². The van der Waals surface area contributed by atoms with E-state index in [0.29, 0.717) is 12.2 Å². The van der Waals surface area contributed by atoms with E-state index in [9.17, 15) is 4.79 Å². The van der Waals surface area contributed by atoms with Gasteiger partial charge in [-0.2, -0.15) is 5.10 Å². The van der Waals surface area contributed by atoms with Gasteiger partial charge >= 0.3 is 0 Å². The lowest BCUT2D eigenvalue weighted by atomic mass is 10.0. The van der Waals surface area contributed by atoms with Gasteiger partial charge < -0.3 is 4.90 Å². The molecule has 0 N–H and O–H groups in total. The zero-order chi connectivity index (χ0) is 22.2. The Labute approximate surface area is 196 Å². The Bertz CT molecular complexity index is 1260. The van der Waals surface area contributed by atoms with Gasteiger partial charge in [0.2, 0.25) is 0 Å². The van der Waals surface area contributed by atoms with E-state index >= 15 is 0 Å². The van der Waals surface area contributed by atoms with Gasteiger partial charge in [0.25, 0.3) is 5.91 Å². The Morgan fingerprint density at radius 2 is 1.82 bits per heavy atom. The summed E-state index contributed by atoms with van der Waals surface area (Å²) in [6, 6.07) is 12.3. The number of thiazole rings is 1. The molecule has 1 aromatic carbocycles. The minimum absolute atomic E-state index is 0.0825. The number of rotatable bonds is 5.